The van der Waals surface area contributed by atoms with Crippen molar-refractivity contribution in [2.75, 3.05) is 12.3 Å². The number of nitrogens with one attached hydrogen (secondary N) is 2. The van der Waals surface area contributed by atoms with Crippen molar-refractivity contribution < 1.29 is 14.3 Å². The van der Waals surface area contributed by atoms with Gasteiger partial charge in [-0.3, -0.25) is 4.79 Å². The summed E-state index contributed by atoms with van der Waals surface area (Å²) in [5, 5.41) is 4.17. The summed E-state index contributed by atoms with van der Waals surface area (Å²) < 4.78 is 5.12. The van der Waals surface area contributed by atoms with Crippen LogP contribution in [0.2, 0.25) is 0 Å². The number of esters is 1. The van der Waals surface area contributed by atoms with Crippen molar-refractivity contribution in [1.82, 2.24) is 10.4 Å². The lowest BCUT2D eigenvalue weighted by Crippen LogP contribution is -2.13. The van der Waals surface area contributed by atoms with Crippen LogP contribution >= 0.6 is 0 Å². The molecule has 0 saturated carbocycles. The molecule has 0 radical (unpaired) electrons. The second-order valence-electron chi connectivity index (χ2n) is 6.68. The summed E-state index contributed by atoms with van der Waals surface area (Å²) in [6.07, 6.45) is 3.09. The first-order valence-electron chi connectivity index (χ1n) is 9.20. The Morgan fingerprint density at radius 2 is 1.93 bits per heavy atom. The van der Waals surface area contributed by atoms with Crippen molar-refractivity contribution in [3.8, 4) is 0 Å². The van der Waals surface area contributed by atoms with Gasteiger partial charge in [-0.2, -0.15) is 5.10 Å². The SMILES string of the molecule is CCOC(=O)c1c(C)[nH]c(C=C2C(=O)NN=C2CCc2ccc(N)cc2)c1C. The number of nitrogens with zero attached hydrogens (tertiary/aromatic N) is 1. The first-order valence-corrected chi connectivity index (χ1v) is 9.20. The van der Waals surface area contributed by atoms with E-state index in [1.165, 1.54) is 0 Å². The Kier molecular flexibility index (Phi) is 5.63. The molecule has 2 aromatic rings. The fraction of sp³-hybridized carbons (Fsp3) is 0.286. The number of H-pyrrole nitrogens is 1. The molecule has 4 N–H and O–H groups in total. The topological polar surface area (TPSA) is 110 Å². The fourth-order valence-corrected chi connectivity index (χ4v) is 3.23. The second kappa shape index (κ2) is 8.12. The molecule has 146 valence electrons. The summed E-state index contributed by atoms with van der Waals surface area (Å²) in [5.74, 6) is -0.622. The van der Waals surface area contributed by atoms with E-state index >= 15 is 0 Å². The average molecular weight is 380 g/mol. The van der Waals surface area contributed by atoms with Crippen LogP contribution in [0.3, 0.4) is 0 Å². The van der Waals surface area contributed by atoms with Crippen LogP contribution in [0.25, 0.3) is 6.08 Å². The van der Waals surface area contributed by atoms with Gasteiger partial charge in [0.1, 0.15) is 0 Å². The summed E-state index contributed by atoms with van der Waals surface area (Å²) in [6.45, 7) is 5.72. The maximum absolute atomic E-state index is 12.3. The summed E-state index contributed by atoms with van der Waals surface area (Å²) in [4.78, 5) is 27.6. The Labute approximate surface area is 163 Å². The third-order valence-electron chi connectivity index (χ3n) is 4.72. The van der Waals surface area contributed by atoms with Gasteiger partial charge < -0.3 is 15.5 Å². The molecular weight excluding hydrogens is 356 g/mol. The highest BCUT2D eigenvalue weighted by molar-refractivity contribution is 6.27. The minimum atomic E-state index is -0.369. The van der Waals surface area contributed by atoms with Gasteiger partial charge in [0.05, 0.1) is 23.5 Å². The van der Waals surface area contributed by atoms with Crippen molar-refractivity contribution in [3.05, 3.63) is 57.9 Å². The molecule has 0 aliphatic carbocycles. The monoisotopic (exact) mass is 380 g/mol. The van der Waals surface area contributed by atoms with E-state index in [2.05, 4.69) is 15.5 Å². The van der Waals surface area contributed by atoms with E-state index in [-0.39, 0.29) is 11.9 Å². The number of nitrogen functional groups attached to an aromatic ring is 1. The van der Waals surface area contributed by atoms with Crippen LogP contribution in [0, 0.1) is 13.8 Å². The molecular formula is C21H24N4O3. The number of anilines is 1. The number of nitrogens with two attached hydrogens (primary N) is 1. The van der Waals surface area contributed by atoms with Crippen molar-refractivity contribution in [2.45, 2.75) is 33.6 Å². The van der Waals surface area contributed by atoms with E-state index in [1.807, 2.05) is 38.1 Å². The number of aromatic nitrogens is 1. The number of hydrogen-bond donors (Lipinski definition) is 3. The molecule has 28 heavy (non-hydrogen) atoms. The highest BCUT2D eigenvalue weighted by Crippen LogP contribution is 2.23. The number of aromatic amines is 1. The Morgan fingerprint density at radius 1 is 1.21 bits per heavy atom. The van der Waals surface area contributed by atoms with E-state index < -0.39 is 0 Å². The highest BCUT2D eigenvalue weighted by Gasteiger charge is 2.24. The Balaban J connectivity index is 1.82. The lowest BCUT2D eigenvalue weighted by Gasteiger charge is -2.04. The van der Waals surface area contributed by atoms with Gasteiger partial charge >= 0.3 is 5.97 Å². The molecule has 2 heterocycles. The van der Waals surface area contributed by atoms with Crippen molar-refractivity contribution in [3.63, 3.8) is 0 Å². The molecule has 3 rings (SSSR count). The second-order valence-corrected chi connectivity index (χ2v) is 6.68. The molecule has 0 fully saturated rings. The van der Waals surface area contributed by atoms with Crippen LogP contribution < -0.4 is 11.2 Å². The van der Waals surface area contributed by atoms with E-state index in [9.17, 15) is 9.59 Å². The summed E-state index contributed by atoms with van der Waals surface area (Å²) >= 11 is 0. The standard InChI is InChI=1S/C21H24N4O3/c1-4-28-21(27)19-12(2)18(23-13(19)3)11-16-17(24-25-20(16)26)10-7-14-5-8-15(22)9-6-14/h5-6,8-9,11,23H,4,7,10,22H2,1-3H3,(H,25,26). The van der Waals surface area contributed by atoms with Gasteiger partial charge in [-0.05, 0) is 62.9 Å². The van der Waals surface area contributed by atoms with Crippen molar-refractivity contribution in [2.24, 2.45) is 5.10 Å². The first-order chi connectivity index (χ1) is 13.4. The quantitative estimate of drug-likeness (QED) is 0.407. The zero-order valence-corrected chi connectivity index (χ0v) is 16.3. The predicted octanol–water partition coefficient (Wildman–Crippen LogP) is 2.89. The Bertz CT molecular complexity index is 968. The number of aryl methyl sites for hydroxylation is 2. The maximum Gasteiger partial charge on any atom is 0.340 e. The summed E-state index contributed by atoms with van der Waals surface area (Å²) in [5.41, 5.74) is 13.9. The summed E-state index contributed by atoms with van der Waals surface area (Å²) in [7, 11) is 0. The van der Waals surface area contributed by atoms with Gasteiger partial charge in [0, 0.05) is 17.1 Å². The molecule has 1 aliphatic heterocycles. The highest BCUT2D eigenvalue weighted by atomic mass is 16.5. The lowest BCUT2D eigenvalue weighted by molar-refractivity contribution is -0.116. The summed E-state index contributed by atoms with van der Waals surface area (Å²) in [6, 6.07) is 7.64. The van der Waals surface area contributed by atoms with Crippen molar-refractivity contribution >= 4 is 29.4 Å². The van der Waals surface area contributed by atoms with Gasteiger partial charge in [-0.25, -0.2) is 10.2 Å². The van der Waals surface area contributed by atoms with Crippen LogP contribution in [0.15, 0.2) is 34.9 Å². The first kappa shape index (κ1) is 19.4. The van der Waals surface area contributed by atoms with E-state index in [0.29, 0.717) is 41.3 Å². The van der Waals surface area contributed by atoms with E-state index in [0.717, 1.165) is 23.2 Å². The van der Waals surface area contributed by atoms with Crippen LogP contribution in [0.4, 0.5) is 5.69 Å². The van der Waals surface area contributed by atoms with E-state index in [1.54, 1.807) is 13.0 Å². The normalized spacial score (nSPS) is 14.9. The molecule has 0 atom stereocenters. The van der Waals surface area contributed by atoms with Gasteiger partial charge in [-0.15, -0.1) is 0 Å². The van der Waals surface area contributed by atoms with Crippen molar-refractivity contribution in [1.29, 1.82) is 0 Å². The van der Waals surface area contributed by atoms with Gasteiger partial charge in [0.25, 0.3) is 5.91 Å². The van der Waals surface area contributed by atoms with Crippen LogP contribution in [0.1, 0.15) is 46.2 Å². The van der Waals surface area contributed by atoms with Gasteiger partial charge in [-0.1, -0.05) is 12.1 Å². The molecule has 7 heteroatoms. The minimum Gasteiger partial charge on any atom is -0.462 e. The number of hydrazone groups is 1. The molecule has 0 unspecified atom stereocenters. The number of rotatable bonds is 6. The number of hydrogen-bond acceptors (Lipinski definition) is 5. The zero-order chi connectivity index (χ0) is 20.3. The third kappa shape index (κ3) is 3.98. The zero-order valence-electron chi connectivity index (χ0n) is 16.3. The van der Waals surface area contributed by atoms with Crippen LogP contribution in [0.5, 0.6) is 0 Å². The van der Waals surface area contributed by atoms with Crippen LogP contribution in [-0.4, -0.2) is 29.2 Å². The van der Waals surface area contributed by atoms with Crippen LogP contribution in [-0.2, 0) is 16.0 Å². The molecule has 0 bridgehead atoms. The Hall–Kier alpha value is -3.35. The minimum absolute atomic E-state index is 0.253. The average Bonchev–Trinajstić information content (AvgIpc) is 3.14. The molecule has 1 aromatic carbocycles. The number of carbonyl (C=O) groups is 2. The number of benzene rings is 1. The van der Waals surface area contributed by atoms with Gasteiger partial charge in [0.15, 0.2) is 0 Å². The van der Waals surface area contributed by atoms with E-state index in [4.69, 9.17) is 10.5 Å². The number of amides is 1. The molecule has 7 nitrogen and oxygen atoms in total. The third-order valence-corrected chi connectivity index (χ3v) is 4.72. The molecule has 1 amide bonds. The Morgan fingerprint density at radius 3 is 2.61 bits per heavy atom. The smallest absolute Gasteiger partial charge is 0.340 e. The number of carbonyl (C=O) groups excluding carboxylic acids is 2. The fourth-order valence-electron chi connectivity index (χ4n) is 3.23. The molecule has 1 aliphatic rings. The predicted molar refractivity (Wildman–Crippen MR) is 109 cm³/mol. The lowest BCUT2D eigenvalue weighted by atomic mass is 10.0. The maximum atomic E-state index is 12.3. The largest absolute Gasteiger partial charge is 0.462 e. The number of ether oxygens (including phenoxy) is 1. The molecule has 0 spiro atoms. The molecule has 0 saturated heterocycles. The molecule has 1 aromatic heterocycles. The van der Waals surface area contributed by atoms with Gasteiger partial charge in [0.2, 0.25) is 0 Å².